The molecule has 4 atom stereocenters. The van der Waals surface area contributed by atoms with Crippen molar-refractivity contribution in [1.82, 2.24) is 31.1 Å². The number of likely N-dealkylation sites (tertiary alicyclic amines) is 2. The summed E-state index contributed by atoms with van der Waals surface area (Å²) in [5, 5.41) is 25.7. The van der Waals surface area contributed by atoms with Crippen molar-refractivity contribution in [3.05, 3.63) is 34.9 Å². The fraction of sp³-hybridized carbons (Fsp3) is 0.810. The normalized spacial score (nSPS) is 22.2. The van der Waals surface area contributed by atoms with E-state index in [1.165, 1.54) is 57.8 Å². The maximum atomic E-state index is 13.4. The van der Waals surface area contributed by atoms with Crippen molar-refractivity contribution in [2.24, 2.45) is 23.7 Å². The molecule has 2 aliphatic carbocycles. The molecule has 4 aliphatic rings. The van der Waals surface area contributed by atoms with E-state index < -0.39 is 5.60 Å². The van der Waals surface area contributed by atoms with Crippen LogP contribution < -0.4 is 21.3 Å². The Hall–Kier alpha value is -2.07. The van der Waals surface area contributed by atoms with E-state index >= 15 is 0 Å². The molecule has 4 fully saturated rings. The number of nitrogens with zero attached hydrogens (tertiary/aromatic N) is 2. The summed E-state index contributed by atoms with van der Waals surface area (Å²) < 4.78 is 0. The van der Waals surface area contributed by atoms with Gasteiger partial charge in [-0.1, -0.05) is 88.9 Å². The van der Waals surface area contributed by atoms with Gasteiger partial charge in [0.15, 0.2) is 0 Å². The molecule has 2 heterocycles. The van der Waals surface area contributed by atoms with Gasteiger partial charge in [0.25, 0.3) is 0 Å². The average molecular weight is 746 g/mol. The number of carbonyl (C=O) groups is 2. The Morgan fingerprint density at radius 1 is 0.827 bits per heavy atom. The molecule has 10 heteroatoms. The fourth-order valence-corrected chi connectivity index (χ4v) is 9.05. The van der Waals surface area contributed by atoms with Crippen LogP contribution >= 0.6 is 11.6 Å². The molecule has 0 radical (unpaired) electrons. The highest BCUT2D eigenvalue weighted by atomic mass is 35.5. The molecule has 1 aromatic rings. The minimum Gasteiger partial charge on any atom is -0.385 e. The highest BCUT2D eigenvalue weighted by Gasteiger charge is 2.42. The molecule has 1 unspecified atom stereocenters. The van der Waals surface area contributed by atoms with Crippen LogP contribution in [0.25, 0.3) is 0 Å². The van der Waals surface area contributed by atoms with Gasteiger partial charge in [0.2, 0.25) is 0 Å². The van der Waals surface area contributed by atoms with Crippen LogP contribution in [0.3, 0.4) is 0 Å². The van der Waals surface area contributed by atoms with Crippen molar-refractivity contribution < 1.29 is 14.7 Å². The zero-order valence-corrected chi connectivity index (χ0v) is 33.8. The first-order chi connectivity index (χ1) is 25.1. The molecular weight excluding hydrogens is 672 g/mol. The number of rotatable bonds is 16. The Labute approximate surface area is 321 Å². The third kappa shape index (κ3) is 14.3. The van der Waals surface area contributed by atoms with Crippen LogP contribution in [0, 0.1) is 23.7 Å². The van der Waals surface area contributed by atoms with Crippen molar-refractivity contribution in [1.29, 1.82) is 0 Å². The van der Waals surface area contributed by atoms with Crippen LogP contribution in [-0.4, -0.2) is 92.4 Å². The lowest BCUT2D eigenvalue weighted by Gasteiger charge is -2.43. The van der Waals surface area contributed by atoms with Crippen LogP contribution in [0.2, 0.25) is 5.02 Å². The van der Waals surface area contributed by atoms with Crippen molar-refractivity contribution in [2.75, 3.05) is 53.4 Å². The lowest BCUT2D eigenvalue weighted by Crippen LogP contribution is -2.54. The van der Waals surface area contributed by atoms with Crippen LogP contribution in [0.5, 0.6) is 0 Å². The molecule has 5 N–H and O–H groups in total. The van der Waals surface area contributed by atoms with E-state index in [1.807, 2.05) is 48.2 Å². The van der Waals surface area contributed by atoms with Gasteiger partial charge in [-0.3, -0.25) is 0 Å². The van der Waals surface area contributed by atoms with E-state index in [9.17, 15) is 14.7 Å². The molecule has 9 nitrogen and oxygen atoms in total. The van der Waals surface area contributed by atoms with Gasteiger partial charge in [-0.25, -0.2) is 9.59 Å². The summed E-state index contributed by atoms with van der Waals surface area (Å²) in [5.41, 5.74) is -0.0519. The highest BCUT2D eigenvalue weighted by Crippen LogP contribution is 2.42. The summed E-state index contributed by atoms with van der Waals surface area (Å²) >= 11 is 6.34. The Bertz CT molecular complexity index is 1190. The monoisotopic (exact) mass is 745 g/mol. The molecule has 0 bridgehead atoms. The molecular formula is C42H73ClN6O3. The lowest BCUT2D eigenvalue weighted by molar-refractivity contribution is -0.0559. The zero-order valence-electron chi connectivity index (χ0n) is 33.1. The summed E-state index contributed by atoms with van der Waals surface area (Å²) in [6.45, 7) is 9.20. The van der Waals surface area contributed by atoms with Crippen molar-refractivity contribution in [3.63, 3.8) is 0 Å². The van der Waals surface area contributed by atoms with Gasteiger partial charge in [0.1, 0.15) is 0 Å². The fourth-order valence-electron chi connectivity index (χ4n) is 8.86. The number of hydrogen-bond acceptors (Lipinski definition) is 5. The standard InChI is InChI=1S/C29H46ClN3O2.C13H27N3O/c1-31-20-27(18-23-8-3-2-4-9-23)32-28(34)33-17-7-12-25(21-33)29(35,16-6-10-22-14-15-22)24-11-5-13-26(30)19-24;1-11(2)9-12(10-14-3)15-13(17)16-7-5-4-6-8-16/h5,11,13,19,22-23,25,27,31,35H,2-4,6-10,12,14-18,20-21H2,1H3,(H,32,34);11-12,14H,4-10H2,1-3H3,(H,15,17)/t25-,27+,29?;12-/m10/s1. The summed E-state index contributed by atoms with van der Waals surface area (Å²) in [6.07, 6.45) is 19.7. The van der Waals surface area contributed by atoms with E-state index in [4.69, 9.17) is 11.6 Å². The quantitative estimate of drug-likeness (QED) is 0.118. The van der Waals surface area contributed by atoms with E-state index in [-0.39, 0.29) is 30.1 Å². The molecule has 2 aliphatic heterocycles. The molecule has 4 amide bonds. The summed E-state index contributed by atoms with van der Waals surface area (Å²) in [6, 6.07) is 8.27. The number of carbonyl (C=O) groups excluding carboxylic acids is 2. The molecule has 52 heavy (non-hydrogen) atoms. The summed E-state index contributed by atoms with van der Waals surface area (Å²) in [7, 11) is 3.89. The number of benzene rings is 1. The maximum Gasteiger partial charge on any atom is 0.317 e. The second-order valence-electron chi connectivity index (χ2n) is 16.9. The predicted octanol–water partition coefficient (Wildman–Crippen LogP) is 7.90. The third-order valence-corrected chi connectivity index (χ3v) is 12.1. The van der Waals surface area contributed by atoms with Crippen molar-refractivity contribution >= 4 is 23.7 Å². The van der Waals surface area contributed by atoms with Crippen LogP contribution in [-0.2, 0) is 5.60 Å². The number of piperidine rings is 2. The van der Waals surface area contributed by atoms with Gasteiger partial charge in [0, 0.05) is 62.3 Å². The Kier molecular flexibility index (Phi) is 18.3. The van der Waals surface area contributed by atoms with E-state index in [2.05, 4.69) is 35.1 Å². The van der Waals surface area contributed by atoms with Gasteiger partial charge in [0.05, 0.1) is 5.60 Å². The number of urea groups is 2. The van der Waals surface area contributed by atoms with Crippen LogP contribution in [0.1, 0.15) is 129 Å². The molecule has 2 saturated carbocycles. The van der Waals surface area contributed by atoms with E-state index in [0.29, 0.717) is 17.5 Å². The van der Waals surface area contributed by atoms with Gasteiger partial charge < -0.3 is 36.2 Å². The minimum absolute atomic E-state index is 0.0146. The molecule has 5 rings (SSSR count). The second-order valence-corrected chi connectivity index (χ2v) is 17.3. The van der Waals surface area contributed by atoms with Crippen molar-refractivity contribution in [2.45, 2.75) is 141 Å². The average Bonchev–Trinajstić information content (AvgIpc) is 3.97. The maximum absolute atomic E-state index is 13.4. The van der Waals surface area contributed by atoms with Crippen LogP contribution in [0.15, 0.2) is 24.3 Å². The Morgan fingerprint density at radius 3 is 2.12 bits per heavy atom. The highest BCUT2D eigenvalue weighted by molar-refractivity contribution is 6.30. The predicted molar refractivity (Wildman–Crippen MR) is 215 cm³/mol. The molecule has 296 valence electrons. The third-order valence-electron chi connectivity index (χ3n) is 11.9. The molecule has 2 saturated heterocycles. The molecule has 0 spiro atoms. The van der Waals surface area contributed by atoms with Gasteiger partial charge in [-0.05, 0) is 107 Å². The summed E-state index contributed by atoms with van der Waals surface area (Å²) in [4.78, 5) is 29.3. The number of halogens is 1. The number of nitrogens with one attached hydrogen (secondary N) is 4. The Morgan fingerprint density at radius 2 is 1.46 bits per heavy atom. The van der Waals surface area contributed by atoms with Gasteiger partial charge in [-0.15, -0.1) is 0 Å². The zero-order chi connectivity index (χ0) is 37.3. The second kappa shape index (κ2) is 22.3. The molecule has 1 aromatic carbocycles. The molecule has 0 aromatic heterocycles. The largest absolute Gasteiger partial charge is 0.385 e. The minimum atomic E-state index is -0.953. The number of amides is 4. The first-order valence-electron chi connectivity index (χ1n) is 21.0. The van der Waals surface area contributed by atoms with Gasteiger partial charge >= 0.3 is 12.1 Å². The first kappa shape index (κ1) is 42.7. The SMILES string of the molecule is CNC[C@H](CC(C)C)NC(=O)N1CCCCC1.CNC[C@H](CC1CCCCC1)NC(=O)N1CCC[C@@H](C(O)(CCCC2CC2)c2cccc(Cl)c2)C1. The topological polar surface area (TPSA) is 109 Å². The number of aliphatic hydroxyl groups is 1. The van der Waals surface area contributed by atoms with E-state index in [0.717, 1.165) is 101 Å². The van der Waals surface area contributed by atoms with E-state index in [1.54, 1.807) is 0 Å². The number of hydrogen-bond donors (Lipinski definition) is 5. The lowest BCUT2D eigenvalue weighted by atomic mass is 9.74. The van der Waals surface area contributed by atoms with Crippen LogP contribution in [0.4, 0.5) is 9.59 Å². The Balaban J connectivity index is 0.000000299. The summed E-state index contributed by atoms with van der Waals surface area (Å²) in [5.74, 6) is 2.19. The smallest absolute Gasteiger partial charge is 0.317 e. The number of likely N-dealkylation sites (N-methyl/N-ethyl adjacent to an activating group) is 2. The first-order valence-corrected chi connectivity index (χ1v) is 21.4. The van der Waals surface area contributed by atoms with Crippen molar-refractivity contribution in [3.8, 4) is 0 Å². The van der Waals surface area contributed by atoms with Gasteiger partial charge in [-0.2, -0.15) is 0 Å².